The lowest BCUT2D eigenvalue weighted by Crippen LogP contribution is -2.19. The van der Waals surface area contributed by atoms with Crippen molar-refractivity contribution in [3.8, 4) is 5.75 Å². The SMILES string of the molecule is C=C(C)c1ccc(OC)c(Nc2ncc(Br)c(Nc3ccccc3S(=O)(=O)NC)n2)c1. The van der Waals surface area contributed by atoms with E-state index in [1.165, 1.54) is 13.1 Å². The van der Waals surface area contributed by atoms with E-state index in [1.54, 1.807) is 31.5 Å². The molecule has 0 bridgehead atoms. The molecule has 0 atom stereocenters. The molecule has 2 aromatic carbocycles. The van der Waals surface area contributed by atoms with Gasteiger partial charge < -0.3 is 15.4 Å². The summed E-state index contributed by atoms with van der Waals surface area (Å²) in [6, 6.07) is 12.2. The molecule has 1 aromatic heterocycles. The predicted octanol–water partition coefficient (Wildman–Crippen LogP) is 4.68. The van der Waals surface area contributed by atoms with Gasteiger partial charge in [-0.15, -0.1) is 0 Å². The number of hydrogen-bond donors (Lipinski definition) is 3. The Kier molecular flexibility index (Phi) is 6.94. The fourth-order valence-electron chi connectivity index (χ4n) is 2.75. The van der Waals surface area contributed by atoms with Gasteiger partial charge in [0.25, 0.3) is 0 Å². The van der Waals surface area contributed by atoms with E-state index in [9.17, 15) is 8.42 Å². The van der Waals surface area contributed by atoms with Gasteiger partial charge >= 0.3 is 0 Å². The summed E-state index contributed by atoms with van der Waals surface area (Å²) in [5, 5.41) is 6.21. The van der Waals surface area contributed by atoms with Crippen LogP contribution in [0.3, 0.4) is 0 Å². The van der Waals surface area contributed by atoms with Crippen LogP contribution in [0.15, 0.2) is 64.6 Å². The third kappa shape index (κ3) is 5.22. The summed E-state index contributed by atoms with van der Waals surface area (Å²) in [4.78, 5) is 8.89. The number of anilines is 4. The van der Waals surface area contributed by atoms with Crippen molar-refractivity contribution in [3.05, 3.63) is 65.3 Å². The number of para-hydroxylation sites is 1. The minimum atomic E-state index is -3.65. The van der Waals surface area contributed by atoms with E-state index in [0.717, 1.165) is 11.1 Å². The summed E-state index contributed by atoms with van der Waals surface area (Å²) < 4.78 is 33.0. The van der Waals surface area contributed by atoms with Gasteiger partial charge in [0.05, 0.1) is 23.0 Å². The van der Waals surface area contributed by atoms with Crippen molar-refractivity contribution in [1.82, 2.24) is 14.7 Å². The molecule has 0 aliphatic heterocycles. The average molecular weight is 504 g/mol. The number of nitrogens with one attached hydrogen (secondary N) is 3. The normalized spacial score (nSPS) is 11.1. The molecular weight excluding hydrogens is 482 g/mol. The highest BCUT2D eigenvalue weighted by Crippen LogP contribution is 2.32. The number of methoxy groups -OCH3 is 1. The molecule has 3 N–H and O–H groups in total. The zero-order valence-electron chi connectivity index (χ0n) is 17.2. The van der Waals surface area contributed by atoms with Crippen molar-refractivity contribution >= 4 is 54.7 Å². The van der Waals surface area contributed by atoms with Crippen LogP contribution in [0, 0.1) is 0 Å². The van der Waals surface area contributed by atoms with Gasteiger partial charge in [-0.2, -0.15) is 4.98 Å². The third-order valence-electron chi connectivity index (χ3n) is 4.38. The summed E-state index contributed by atoms with van der Waals surface area (Å²) >= 11 is 3.41. The minimum Gasteiger partial charge on any atom is -0.495 e. The van der Waals surface area contributed by atoms with E-state index < -0.39 is 10.0 Å². The lowest BCUT2D eigenvalue weighted by molar-refractivity contribution is 0.416. The van der Waals surface area contributed by atoms with Crippen LogP contribution in [0.5, 0.6) is 5.75 Å². The molecule has 31 heavy (non-hydrogen) atoms. The minimum absolute atomic E-state index is 0.105. The first-order valence-corrected chi connectivity index (χ1v) is 11.5. The second-order valence-electron chi connectivity index (χ2n) is 6.54. The first-order chi connectivity index (χ1) is 14.7. The van der Waals surface area contributed by atoms with Crippen LogP contribution in [0.1, 0.15) is 12.5 Å². The largest absolute Gasteiger partial charge is 0.495 e. The van der Waals surface area contributed by atoms with Crippen LogP contribution in [0.4, 0.5) is 23.1 Å². The smallest absolute Gasteiger partial charge is 0.242 e. The number of sulfonamides is 1. The zero-order chi connectivity index (χ0) is 22.6. The Morgan fingerprint density at radius 3 is 2.55 bits per heavy atom. The first kappa shape index (κ1) is 22.7. The van der Waals surface area contributed by atoms with Crippen LogP contribution in [0.25, 0.3) is 5.57 Å². The van der Waals surface area contributed by atoms with Crippen molar-refractivity contribution in [2.75, 3.05) is 24.8 Å². The maximum Gasteiger partial charge on any atom is 0.242 e. The predicted molar refractivity (Wildman–Crippen MR) is 127 cm³/mol. The molecule has 0 spiro atoms. The number of nitrogens with zero attached hydrogens (tertiary/aromatic N) is 2. The zero-order valence-corrected chi connectivity index (χ0v) is 19.6. The van der Waals surface area contributed by atoms with Crippen molar-refractivity contribution < 1.29 is 13.2 Å². The molecule has 8 nitrogen and oxygen atoms in total. The van der Waals surface area contributed by atoms with Crippen LogP contribution in [-0.4, -0.2) is 32.5 Å². The van der Waals surface area contributed by atoms with E-state index in [1.807, 2.05) is 25.1 Å². The highest BCUT2D eigenvalue weighted by atomic mass is 79.9. The second kappa shape index (κ2) is 9.46. The molecule has 0 saturated carbocycles. The van der Waals surface area contributed by atoms with Gasteiger partial charge in [-0.1, -0.05) is 30.4 Å². The average Bonchev–Trinajstić information content (AvgIpc) is 2.76. The molecule has 0 aliphatic carbocycles. The van der Waals surface area contributed by atoms with Gasteiger partial charge in [0, 0.05) is 6.20 Å². The van der Waals surface area contributed by atoms with Gasteiger partial charge in [-0.3, -0.25) is 0 Å². The van der Waals surface area contributed by atoms with Crippen LogP contribution in [-0.2, 0) is 10.0 Å². The van der Waals surface area contributed by atoms with E-state index in [2.05, 4.69) is 47.8 Å². The lowest BCUT2D eigenvalue weighted by Gasteiger charge is -2.15. The standard InChI is InChI=1S/C21H22BrN5O3S/c1-13(2)14-9-10-18(30-4)17(11-14)26-21-24-12-15(22)20(27-21)25-16-7-5-6-8-19(16)31(28,29)23-3/h5-12,23H,1H2,2-4H3,(H2,24,25,26,27). The monoisotopic (exact) mass is 503 g/mol. The topological polar surface area (TPSA) is 105 Å². The number of ether oxygens (including phenoxy) is 1. The van der Waals surface area contributed by atoms with E-state index in [4.69, 9.17) is 4.74 Å². The maximum absolute atomic E-state index is 12.3. The Bertz CT molecular complexity index is 1230. The summed E-state index contributed by atoms with van der Waals surface area (Å²) in [5.41, 5.74) is 2.91. The van der Waals surface area contributed by atoms with E-state index >= 15 is 0 Å². The number of halogens is 1. The Morgan fingerprint density at radius 2 is 1.87 bits per heavy atom. The Morgan fingerprint density at radius 1 is 1.13 bits per heavy atom. The lowest BCUT2D eigenvalue weighted by atomic mass is 10.1. The molecule has 3 aromatic rings. The summed E-state index contributed by atoms with van der Waals surface area (Å²) in [5.74, 6) is 1.32. The molecule has 3 rings (SSSR count). The van der Waals surface area contributed by atoms with Crippen molar-refractivity contribution in [2.24, 2.45) is 0 Å². The molecule has 0 saturated heterocycles. The van der Waals surface area contributed by atoms with Crippen molar-refractivity contribution in [1.29, 1.82) is 0 Å². The first-order valence-electron chi connectivity index (χ1n) is 9.18. The molecular formula is C21H22BrN5O3S. The van der Waals surface area contributed by atoms with Gasteiger partial charge in [0.2, 0.25) is 16.0 Å². The third-order valence-corrected chi connectivity index (χ3v) is 6.43. The molecule has 162 valence electrons. The molecule has 0 unspecified atom stereocenters. The highest BCUT2D eigenvalue weighted by Gasteiger charge is 2.17. The number of aromatic nitrogens is 2. The molecule has 10 heteroatoms. The van der Waals surface area contributed by atoms with Crippen LogP contribution < -0.4 is 20.1 Å². The number of rotatable bonds is 8. The van der Waals surface area contributed by atoms with Crippen molar-refractivity contribution in [3.63, 3.8) is 0 Å². The van der Waals surface area contributed by atoms with Gasteiger partial charge in [-0.25, -0.2) is 18.1 Å². The maximum atomic E-state index is 12.3. The quantitative estimate of drug-likeness (QED) is 0.409. The number of hydrogen-bond acceptors (Lipinski definition) is 7. The van der Waals surface area contributed by atoms with E-state index in [0.29, 0.717) is 33.4 Å². The fraction of sp³-hybridized carbons (Fsp3) is 0.143. The van der Waals surface area contributed by atoms with Gasteiger partial charge in [0.15, 0.2) is 0 Å². The Labute approximate surface area is 190 Å². The number of allylic oxidation sites excluding steroid dienone is 1. The molecule has 1 heterocycles. The van der Waals surface area contributed by atoms with Crippen LogP contribution >= 0.6 is 15.9 Å². The molecule has 0 amide bonds. The Hall–Kier alpha value is -2.95. The Balaban J connectivity index is 1.96. The molecule has 0 radical (unpaired) electrons. The highest BCUT2D eigenvalue weighted by molar-refractivity contribution is 9.10. The van der Waals surface area contributed by atoms with Gasteiger partial charge in [0.1, 0.15) is 16.5 Å². The number of benzene rings is 2. The molecule has 0 fully saturated rings. The summed E-state index contributed by atoms with van der Waals surface area (Å²) in [7, 11) is -0.713. The van der Waals surface area contributed by atoms with Crippen molar-refractivity contribution in [2.45, 2.75) is 11.8 Å². The fourth-order valence-corrected chi connectivity index (χ4v) is 3.92. The van der Waals surface area contributed by atoms with Gasteiger partial charge in [-0.05, 0) is 59.7 Å². The molecule has 0 aliphatic rings. The van der Waals surface area contributed by atoms with E-state index in [-0.39, 0.29) is 4.90 Å². The van der Waals surface area contributed by atoms with Crippen LogP contribution in [0.2, 0.25) is 0 Å². The summed E-state index contributed by atoms with van der Waals surface area (Å²) in [6.45, 7) is 5.88. The second-order valence-corrected chi connectivity index (χ2v) is 9.25. The summed E-state index contributed by atoms with van der Waals surface area (Å²) in [6.07, 6.45) is 1.57.